The summed E-state index contributed by atoms with van der Waals surface area (Å²) in [5, 5.41) is 0. The number of carbonyl (C=O) groups excluding carboxylic acids is 1. The van der Waals surface area contributed by atoms with Crippen molar-refractivity contribution in [1.82, 2.24) is 4.90 Å². The van der Waals surface area contributed by atoms with Crippen LogP contribution in [-0.2, 0) is 25.8 Å². The molecule has 6 heteroatoms. The van der Waals surface area contributed by atoms with Gasteiger partial charge in [0, 0.05) is 13.1 Å². The summed E-state index contributed by atoms with van der Waals surface area (Å²) in [7, 11) is -3.33. The molecule has 0 spiro atoms. The molecular formula is C15H21NO4S. The van der Waals surface area contributed by atoms with Gasteiger partial charge in [-0.1, -0.05) is 30.3 Å². The van der Waals surface area contributed by atoms with Crippen LogP contribution in [0.4, 0.5) is 0 Å². The average molecular weight is 311 g/mol. The van der Waals surface area contributed by atoms with Crippen LogP contribution >= 0.6 is 0 Å². The second-order valence-electron chi connectivity index (χ2n) is 5.17. The van der Waals surface area contributed by atoms with E-state index in [9.17, 15) is 13.2 Å². The van der Waals surface area contributed by atoms with Gasteiger partial charge in [0.05, 0.1) is 19.0 Å². The van der Waals surface area contributed by atoms with E-state index in [4.69, 9.17) is 4.74 Å². The van der Waals surface area contributed by atoms with Gasteiger partial charge in [-0.15, -0.1) is 0 Å². The van der Waals surface area contributed by atoms with Gasteiger partial charge in [-0.05, 0) is 18.4 Å². The molecule has 0 radical (unpaired) electrons. The summed E-state index contributed by atoms with van der Waals surface area (Å²) in [6.45, 7) is 1.94. The molecule has 0 saturated carbocycles. The normalized spacial score (nSPS) is 15.9. The van der Waals surface area contributed by atoms with Crippen LogP contribution < -0.4 is 0 Å². The summed E-state index contributed by atoms with van der Waals surface area (Å²) in [6, 6.07) is 9.76. The molecule has 0 aromatic heterocycles. The molecule has 1 aliphatic rings. The first kappa shape index (κ1) is 16.0. The Kier molecular flexibility index (Phi) is 5.76. The molecule has 1 saturated heterocycles. The number of benzene rings is 1. The zero-order valence-corrected chi connectivity index (χ0v) is 12.8. The molecule has 0 atom stereocenters. The highest BCUT2D eigenvalue weighted by molar-refractivity contribution is 7.92. The SMILES string of the molecule is O=C(CS(=O)(=O)CCCc1ccccc1)N1CCOCC1. The third-order valence-electron chi connectivity index (χ3n) is 3.47. The van der Waals surface area contributed by atoms with Gasteiger partial charge in [0.25, 0.3) is 0 Å². The van der Waals surface area contributed by atoms with E-state index < -0.39 is 9.84 Å². The van der Waals surface area contributed by atoms with Crippen LogP contribution in [0.25, 0.3) is 0 Å². The van der Waals surface area contributed by atoms with Gasteiger partial charge in [0.1, 0.15) is 5.75 Å². The highest BCUT2D eigenvalue weighted by Gasteiger charge is 2.22. The summed E-state index contributed by atoms with van der Waals surface area (Å²) < 4.78 is 29.1. The average Bonchev–Trinajstić information content (AvgIpc) is 2.48. The number of ether oxygens (including phenoxy) is 1. The summed E-state index contributed by atoms with van der Waals surface area (Å²) >= 11 is 0. The fourth-order valence-corrected chi connectivity index (χ4v) is 3.59. The van der Waals surface area contributed by atoms with Crippen LogP contribution in [0.15, 0.2) is 30.3 Å². The minimum absolute atomic E-state index is 0.0535. The highest BCUT2D eigenvalue weighted by atomic mass is 32.2. The Morgan fingerprint density at radius 2 is 1.81 bits per heavy atom. The smallest absolute Gasteiger partial charge is 0.237 e. The van der Waals surface area contributed by atoms with Gasteiger partial charge in [-0.3, -0.25) is 4.79 Å². The van der Waals surface area contributed by atoms with E-state index in [2.05, 4.69) is 0 Å². The predicted molar refractivity (Wildman–Crippen MR) is 80.8 cm³/mol. The first-order chi connectivity index (χ1) is 10.1. The number of aryl methyl sites for hydroxylation is 1. The molecule has 1 fully saturated rings. The van der Waals surface area contributed by atoms with Gasteiger partial charge in [0.15, 0.2) is 9.84 Å². The minimum atomic E-state index is -3.33. The minimum Gasteiger partial charge on any atom is -0.378 e. The van der Waals surface area contributed by atoms with E-state index in [0.29, 0.717) is 39.1 Å². The third kappa shape index (κ3) is 5.47. The number of sulfone groups is 1. The molecule has 5 nitrogen and oxygen atoms in total. The van der Waals surface area contributed by atoms with Crippen molar-refractivity contribution in [3.05, 3.63) is 35.9 Å². The Morgan fingerprint density at radius 3 is 2.48 bits per heavy atom. The largest absolute Gasteiger partial charge is 0.378 e. The second-order valence-corrected chi connectivity index (χ2v) is 7.36. The maximum atomic E-state index is 12.0. The lowest BCUT2D eigenvalue weighted by atomic mass is 10.1. The van der Waals surface area contributed by atoms with E-state index in [1.54, 1.807) is 4.90 Å². The van der Waals surface area contributed by atoms with Crippen LogP contribution in [0.5, 0.6) is 0 Å². The molecule has 0 N–H and O–H groups in total. The van der Waals surface area contributed by atoms with Gasteiger partial charge in [0.2, 0.25) is 5.91 Å². The number of amides is 1. The predicted octanol–water partition coefficient (Wildman–Crippen LogP) is 0.893. The number of carbonyl (C=O) groups is 1. The molecule has 0 bridgehead atoms. The molecule has 1 aromatic carbocycles. The summed E-state index contributed by atoms with van der Waals surface area (Å²) in [4.78, 5) is 13.5. The zero-order chi connectivity index (χ0) is 15.1. The summed E-state index contributed by atoms with van der Waals surface area (Å²) in [5.74, 6) is -0.641. The summed E-state index contributed by atoms with van der Waals surface area (Å²) in [6.07, 6.45) is 1.26. The molecule has 1 heterocycles. The molecule has 1 aromatic rings. The van der Waals surface area contributed by atoms with Crippen molar-refractivity contribution in [3.63, 3.8) is 0 Å². The van der Waals surface area contributed by atoms with E-state index >= 15 is 0 Å². The molecule has 0 unspecified atom stereocenters. The van der Waals surface area contributed by atoms with Crippen molar-refractivity contribution in [2.24, 2.45) is 0 Å². The Balaban J connectivity index is 1.77. The van der Waals surface area contributed by atoms with Gasteiger partial charge in [-0.25, -0.2) is 8.42 Å². The first-order valence-corrected chi connectivity index (χ1v) is 8.99. The van der Waals surface area contributed by atoms with Crippen LogP contribution in [0, 0.1) is 0 Å². The van der Waals surface area contributed by atoms with Gasteiger partial charge < -0.3 is 9.64 Å². The molecule has 1 amide bonds. The van der Waals surface area contributed by atoms with Crippen molar-refractivity contribution in [3.8, 4) is 0 Å². The number of morpholine rings is 1. The second kappa shape index (κ2) is 7.56. The maximum Gasteiger partial charge on any atom is 0.237 e. The van der Waals surface area contributed by atoms with Crippen LogP contribution in [0.3, 0.4) is 0 Å². The zero-order valence-electron chi connectivity index (χ0n) is 12.0. The number of hydrogen-bond acceptors (Lipinski definition) is 4. The van der Waals surface area contributed by atoms with Crippen molar-refractivity contribution in [2.75, 3.05) is 37.8 Å². The van der Waals surface area contributed by atoms with E-state index in [-0.39, 0.29) is 17.4 Å². The summed E-state index contributed by atoms with van der Waals surface area (Å²) in [5.41, 5.74) is 1.12. The Bertz CT molecular complexity index is 550. The van der Waals surface area contributed by atoms with Crippen LogP contribution in [0.1, 0.15) is 12.0 Å². The monoisotopic (exact) mass is 311 g/mol. The van der Waals surface area contributed by atoms with E-state index in [1.807, 2.05) is 30.3 Å². The lowest BCUT2D eigenvalue weighted by Crippen LogP contribution is -2.43. The Morgan fingerprint density at radius 1 is 1.14 bits per heavy atom. The number of rotatable bonds is 6. The fourth-order valence-electron chi connectivity index (χ4n) is 2.31. The molecule has 2 rings (SSSR count). The van der Waals surface area contributed by atoms with Gasteiger partial charge in [-0.2, -0.15) is 0 Å². The molecule has 0 aliphatic carbocycles. The fraction of sp³-hybridized carbons (Fsp3) is 0.533. The molecule has 116 valence electrons. The Hall–Kier alpha value is -1.40. The van der Waals surface area contributed by atoms with E-state index in [1.165, 1.54) is 0 Å². The topological polar surface area (TPSA) is 63.7 Å². The van der Waals surface area contributed by atoms with Crippen molar-refractivity contribution in [2.45, 2.75) is 12.8 Å². The quantitative estimate of drug-likeness (QED) is 0.783. The lowest BCUT2D eigenvalue weighted by Gasteiger charge is -2.26. The molecule has 21 heavy (non-hydrogen) atoms. The highest BCUT2D eigenvalue weighted by Crippen LogP contribution is 2.06. The van der Waals surface area contributed by atoms with E-state index in [0.717, 1.165) is 5.56 Å². The lowest BCUT2D eigenvalue weighted by molar-refractivity contribution is -0.132. The molecule has 1 aliphatic heterocycles. The van der Waals surface area contributed by atoms with Crippen molar-refractivity contribution < 1.29 is 17.9 Å². The number of nitrogens with zero attached hydrogens (tertiary/aromatic N) is 1. The van der Waals surface area contributed by atoms with Crippen molar-refractivity contribution >= 4 is 15.7 Å². The first-order valence-electron chi connectivity index (χ1n) is 7.17. The van der Waals surface area contributed by atoms with Crippen LogP contribution in [-0.4, -0.2) is 57.0 Å². The standard InChI is InChI=1S/C15H21NO4S/c17-15(16-8-10-20-11-9-16)13-21(18,19)12-4-7-14-5-2-1-3-6-14/h1-3,5-6H,4,7-13H2. The number of hydrogen-bond donors (Lipinski definition) is 0. The maximum absolute atomic E-state index is 12.0. The van der Waals surface area contributed by atoms with Crippen molar-refractivity contribution in [1.29, 1.82) is 0 Å². The van der Waals surface area contributed by atoms with Crippen LogP contribution in [0.2, 0.25) is 0 Å². The van der Waals surface area contributed by atoms with Gasteiger partial charge >= 0.3 is 0 Å². The third-order valence-corrected chi connectivity index (χ3v) is 5.07. The molecular weight excluding hydrogens is 290 g/mol. The Labute approximate surface area is 125 Å².